The lowest BCUT2D eigenvalue weighted by Gasteiger charge is -2.14. The SMILES string of the molecule is CCNCC(=O)Nc1cccc(N2CCOC2=O)c1. The van der Waals surface area contributed by atoms with E-state index in [9.17, 15) is 9.59 Å². The molecule has 1 fully saturated rings. The molecule has 0 atom stereocenters. The zero-order chi connectivity index (χ0) is 13.7. The molecule has 0 spiro atoms. The molecule has 1 aliphatic heterocycles. The van der Waals surface area contributed by atoms with Crippen molar-refractivity contribution in [3.05, 3.63) is 24.3 Å². The molecule has 0 unspecified atom stereocenters. The molecule has 1 aromatic rings. The maximum Gasteiger partial charge on any atom is 0.414 e. The number of benzene rings is 1. The molecule has 1 heterocycles. The van der Waals surface area contributed by atoms with Crippen molar-refractivity contribution in [1.82, 2.24) is 5.32 Å². The summed E-state index contributed by atoms with van der Waals surface area (Å²) in [7, 11) is 0. The number of hydrogen-bond donors (Lipinski definition) is 2. The first-order chi connectivity index (χ1) is 9.20. The number of likely N-dealkylation sites (N-methyl/N-ethyl adjacent to an activating group) is 1. The molecule has 0 aliphatic carbocycles. The van der Waals surface area contributed by atoms with Crippen molar-refractivity contribution < 1.29 is 14.3 Å². The summed E-state index contributed by atoms with van der Waals surface area (Å²) < 4.78 is 4.88. The fourth-order valence-electron chi connectivity index (χ4n) is 1.82. The Morgan fingerprint density at radius 2 is 2.32 bits per heavy atom. The summed E-state index contributed by atoms with van der Waals surface area (Å²) in [5.41, 5.74) is 1.39. The summed E-state index contributed by atoms with van der Waals surface area (Å²) in [6, 6.07) is 7.15. The van der Waals surface area contributed by atoms with Crippen LogP contribution in [0.5, 0.6) is 0 Å². The monoisotopic (exact) mass is 263 g/mol. The zero-order valence-electron chi connectivity index (χ0n) is 10.8. The minimum absolute atomic E-state index is 0.108. The van der Waals surface area contributed by atoms with Crippen LogP contribution in [0.2, 0.25) is 0 Å². The summed E-state index contributed by atoms with van der Waals surface area (Å²) in [5, 5.41) is 5.72. The van der Waals surface area contributed by atoms with Gasteiger partial charge in [-0.1, -0.05) is 13.0 Å². The Balaban J connectivity index is 2.02. The van der Waals surface area contributed by atoms with Gasteiger partial charge < -0.3 is 15.4 Å². The minimum Gasteiger partial charge on any atom is -0.447 e. The van der Waals surface area contributed by atoms with Crippen LogP contribution >= 0.6 is 0 Å². The van der Waals surface area contributed by atoms with E-state index < -0.39 is 0 Å². The molecule has 0 aromatic heterocycles. The Morgan fingerprint density at radius 1 is 1.47 bits per heavy atom. The highest BCUT2D eigenvalue weighted by Gasteiger charge is 2.23. The van der Waals surface area contributed by atoms with E-state index in [1.807, 2.05) is 13.0 Å². The van der Waals surface area contributed by atoms with E-state index in [0.29, 0.717) is 18.8 Å². The van der Waals surface area contributed by atoms with E-state index in [1.54, 1.807) is 23.1 Å². The number of hydrogen-bond acceptors (Lipinski definition) is 4. The van der Waals surface area contributed by atoms with Gasteiger partial charge in [-0.15, -0.1) is 0 Å². The van der Waals surface area contributed by atoms with Gasteiger partial charge >= 0.3 is 6.09 Å². The average Bonchev–Trinajstić information content (AvgIpc) is 2.83. The van der Waals surface area contributed by atoms with Crippen molar-refractivity contribution in [1.29, 1.82) is 0 Å². The molecule has 2 rings (SSSR count). The maximum absolute atomic E-state index is 11.6. The number of carbonyl (C=O) groups excluding carboxylic acids is 2. The van der Waals surface area contributed by atoms with Crippen LogP contribution in [0.4, 0.5) is 16.2 Å². The molecule has 1 saturated heterocycles. The second-order valence-electron chi connectivity index (χ2n) is 4.14. The molecule has 2 amide bonds. The number of carbonyl (C=O) groups is 2. The molecule has 1 aromatic carbocycles. The number of cyclic esters (lactones) is 1. The third-order valence-electron chi connectivity index (χ3n) is 2.74. The quantitative estimate of drug-likeness (QED) is 0.837. The second-order valence-corrected chi connectivity index (χ2v) is 4.14. The van der Waals surface area contributed by atoms with E-state index >= 15 is 0 Å². The van der Waals surface area contributed by atoms with Crippen molar-refractivity contribution in [3.8, 4) is 0 Å². The molecular weight excluding hydrogens is 246 g/mol. The number of ether oxygens (including phenoxy) is 1. The molecule has 0 saturated carbocycles. The van der Waals surface area contributed by atoms with Gasteiger partial charge in [0, 0.05) is 11.4 Å². The smallest absolute Gasteiger partial charge is 0.414 e. The van der Waals surface area contributed by atoms with Crippen molar-refractivity contribution in [2.45, 2.75) is 6.92 Å². The maximum atomic E-state index is 11.6. The predicted octanol–water partition coefficient (Wildman–Crippen LogP) is 1.19. The van der Waals surface area contributed by atoms with E-state index in [-0.39, 0.29) is 18.5 Å². The highest BCUT2D eigenvalue weighted by molar-refractivity contribution is 5.94. The van der Waals surface area contributed by atoms with Crippen LogP contribution < -0.4 is 15.5 Å². The molecule has 1 aliphatic rings. The molecular formula is C13H17N3O3. The van der Waals surface area contributed by atoms with Gasteiger partial charge in [0.25, 0.3) is 0 Å². The number of anilines is 2. The normalized spacial score (nSPS) is 14.4. The van der Waals surface area contributed by atoms with Crippen molar-refractivity contribution in [3.63, 3.8) is 0 Å². The van der Waals surface area contributed by atoms with Crippen molar-refractivity contribution >= 4 is 23.4 Å². The van der Waals surface area contributed by atoms with Gasteiger partial charge in [-0.2, -0.15) is 0 Å². The standard InChI is InChI=1S/C13H17N3O3/c1-2-14-9-12(17)15-10-4-3-5-11(8-10)16-6-7-19-13(16)18/h3-5,8,14H,2,6-7,9H2,1H3,(H,15,17). The molecule has 19 heavy (non-hydrogen) atoms. The van der Waals surface area contributed by atoms with E-state index in [1.165, 1.54) is 0 Å². The molecule has 2 N–H and O–H groups in total. The van der Waals surface area contributed by atoms with Gasteiger partial charge in [-0.3, -0.25) is 9.69 Å². The summed E-state index contributed by atoms with van der Waals surface area (Å²) in [6.07, 6.45) is -0.351. The number of nitrogens with zero attached hydrogens (tertiary/aromatic N) is 1. The van der Waals surface area contributed by atoms with Gasteiger partial charge in [0.05, 0.1) is 13.1 Å². The Kier molecular flexibility index (Phi) is 4.35. The third kappa shape index (κ3) is 3.45. The lowest BCUT2D eigenvalue weighted by atomic mass is 10.2. The fourth-order valence-corrected chi connectivity index (χ4v) is 1.82. The number of nitrogens with one attached hydrogen (secondary N) is 2. The molecule has 102 valence electrons. The molecule has 0 radical (unpaired) electrons. The molecule has 6 nitrogen and oxygen atoms in total. The van der Waals surface area contributed by atoms with Crippen LogP contribution in [0.1, 0.15) is 6.92 Å². The Labute approximate surface area is 111 Å². The third-order valence-corrected chi connectivity index (χ3v) is 2.74. The first-order valence-electron chi connectivity index (χ1n) is 6.25. The fraction of sp³-hybridized carbons (Fsp3) is 0.385. The topological polar surface area (TPSA) is 70.7 Å². The highest BCUT2D eigenvalue weighted by Crippen LogP contribution is 2.22. The average molecular weight is 263 g/mol. The van der Waals surface area contributed by atoms with Gasteiger partial charge in [0.2, 0.25) is 5.91 Å². The van der Waals surface area contributed by atoms with E-state index in [2.05, 4.69) is 10.6 Å². The van der Waals surface area contributed by atoms with Crippen LogP contribution in [0, 0.1) is 0 Å². The Hall–Kier alpha value is -2.08. The Morgan fingerprint density at radius 3 is 3.00 bits per heavy atom. The van der Waals surface area contributed by atoms with Gasteiger partial charge in [-0.25, -0.2) is 4.79 Å². The molecule has 0 bridgehead atoms. The summed E-state index contributed by atoms with van der Waals surface area (Å²) >= 11 is 0. The summed E-state index contributed by atoms with van der Waals surface area (Å²) in [5.74, 6) is -0.108. The molecule has 6 heteroatoms. The first-order valence-corrected chi connectivity index (χ1v) is 6.25. The predicted molar refractivity (Wildman–Crippen MR) is 72.3 cm³/mol. The van der Waals surface area contributed by atoms with Crippen LogP contribution in [0.15, 0.2) is 24.3 Å². The minimum atomic E-state index is -0.351. The van der Waals surface area contributed by atoms with Crippen LogP contribution in [-0.4, -0.2) is 38.2 Å². The van der Waals surface area contributed by atoms with E-state index in [4.69, 9.17) is 4.74 Å². The van der Waals surface area contributed by atoms with E-state index in [0.717, 1.165) is 12.2 Å². The van der Waals surface area contributed by atoms with Crippen LogP contribution in [0.3, 0.4) is 0 Å². The number of amides is 2. The van der Waals surface area contributed by atoms with Gasteiger partial charge in [0.15, 0.2) is 0 Å². The summed E-state index contributed by atoms with van der Waals surface area (Å²) in [4.78, 5) is 24.6. The van der Waals surface area contributed by atoms with Crippen molar-refractivity contribution in [2.75, 3.05) is 36.5 Å². The number of rotatable bonds is 5. The first kappa shape index (κ1) is 13.4. The van der Waals surface area contributed by atoms with Crippen LogP contribution in [-0.2, 0) is 9.53 Å². The zero-order valence-corrected chi connectivity index (χ0v) is 10.8. The lowest BCUT2D eigenvalue weighted by Crippen LogP contribution is -2.28. The van der Waals surface area contributed by atoms with Gasteiger partial charge in [-0.05, 0) is 24.7 Å². The van der Waals surface area contributed by atoms with Crippen LogP contribution in [0.25, 0.3) is 0 Å². The van der Waals surface area contributed by atoms with Crippen molar-refractivity contribution in [2.24, 2.45) is 0 Å². The summed E-state index contributed by atoms with van der Waals surface area (Å²) in [6.45, 7) is 3.88. The van der Waals surface area contributed by atoms with Gasteiger partial charge in [0.1, 0.15) is 6.61 Å². The highest BCUT2D eigenvalue weighted by atomic mass is 16.6. The Bertz CT molecular complexity index is 476. The largest absolute Gasteiger partial charge is 0.447 e. The second kappa shape index (κ2) is 6.19. The lowest BCUT2D eigenvalue weighted by molar-refractivity contribution is -0.115.